The van der Waals surface area contributed by atoms with Gasteiger partial charge in [-0.05, 0) is 0 Å². The Labute approximate surface area is 182 Å². The predicted molar refractivity (Wildman–Crippen MR) is 107 cm³/mol. The van der Waals surface area contributed by atoms with Crippen molar-refractivity contribution in [3.8, 4) is 0 Å². The van der Waals surface area contributed by atoms with E-state index < -0.39 is 0 Å². The zero-order chi connectivity index (χ0) is 17.7. The molecule has 146 valence electrons. The Balaban J connectivity index is 0. The molecule has 2 heteroatoms. The molecule has 0 spiro atoms. The molecule has 0 heterocycles. The molecule has 0 saturated carbocycles. The number of hydrogen-bond acceptors (Lipinski definition) is 1. The summed E-state index contributed by atoms with van der Waals surface area (Å²) < 4.78 is 0. The van der Waals surface area contributed by atoms with Crippen molar-refractivity contribution < 1.29 is 34.7 Å². The van der Waals surface area contributed by atoms with Gasteiger partial charge < -0.3 is 5.11 Å². The second kappa shape index (κ2) is 25.0. The average Bonchev–Trinajstić information content (AvgIpc) is 2.59. The van der Waals surface area contributed by atoms with Gasteiger partial charge in [-0.2, -0.15) is 0 Å². The van der Waals surface area contributed by atoms with Gasteiger partial charge in [0, 0.05) is 0 Å². The third-order valence-electron chi connectivity index (χ3n) is 5.26. The van der Waals surface area contributed by atoms with Gasteiger partial charge in [0.1, 0.15) is 0 Å². The van der Waals surface area contributed by atoms with Crippen molar-refractivity contribution in [3.63, 3.8) is 0 Å². The minimum atomic E-state index is -0.279. The Bertz CT molecular complexity index is 198. The van der Waals surface area contributed by atoms with Gasteiger partial charge in [-0.15, -0.1) is 6.10 Å². The van der Waals surface area contributed by atoms with Gasteiger partial charge in [0.2, 0.25) is 0 Å². The van der Waals surface area contributed by atoms with E-state index in [1.54, 1.807) is 0 Å². The molecule has 0 atom stereocenters. The summed E-state index contributed by atoms with van der Waals surface area (Å²) in [6.45, 7) is 4.54. The van der Waals surface area contributed by atoms with Gasteiger partial charge in [-0.25, -0.2) is 0 Å². The first-order valence-corrected chi connectivity index (χ1v) is 11.5. The summed E-state index contributed by atoms with van der Waals surface area (Å²) in [4.78, 5) is 0. The Morgan fingerprint density at radius 1 is 0.440 bits per heavy atom. The van der Waals surface area contributed by atoms with Crippen LogP contribution in [0.15, 0.2) is 0 Å². The zero-order valence-corrected chi connectivity index (χ0v) is 20.1. The van der Waals surface area contributed by atoms with Gasteiger partial charge in [-0.3, -0.25) is 0 Å². The SMILES string of the molecule is CCCCCCCCCCCC([O-])CCCCCCCCCCC.[Na+]. The Hall–Kier alpha value is 0.960. The summed E-state index contributed by atoms with van der Waals surface area (Å²) in [5.74, 6) is 0. The van der Waals surface area contributed by atoms with E-state index >= 15 is 0 Å². The molecular formula is C23H47NaO. The van der Waals surface area contributed by atoms with Gasteiger partial charge >= 0.3 is 29.6 Å². The molecule has 0 amide bonds. The predicted octanol–water partition coefficient (Wildman–Crippen LogP) is 4.56. The molecule has 0 aromatic carbocycles. The Morgan fingerprint density at radius 2 is 0.680 bits per heavy atom. The van der Waals surface area contributed by atoms with E-state index in [2.05, 4.69) is 13.8 Å². The molecule has 0 fully saturated rings. The summed E-state index contributed by atoms with van der Waals surface area (Å²) in [6.07, 6.45) is 25.8. The largest absolute Gasteiger partial charge is 1.00 e. The monoisotopic (exact) mass is 362 g/mol. The average molecular weight is 363 g/mol. The summed E-state index contributed by atoms with van der Waals surface area (Å²) in [5, 5.41) is 11.9. The standard InChI is InChI=1S/C23H47O.Na/c1-3-5-7-9-11-13-15-17-19-21-23(24)22-20-18-16-14-12-10-8-6-4-2;/h23H,3-22H2,1-2H3;/q-1;+1. The van der Waals surface area contributed by atoms with Crippen LogP contribution in [0.25, 0.3) is 0 Å². The normalized spacial score (nSPS) is 11.0. The fraction of sp³-hybridized carbons (Fsp3) is 1.00. The van der Waals surface area contributed by atoms with E-state index in [-0.39, 0.29) is 35.7 Å². The molecule has 25 heavy (non-hydrogen) atoms. The summed E-state index contributed by atoms with van der Waals surface area (Å²) in [6, 6.07) is 0. The van der Waals surface area contributed by atoms with Crippen LogP contribution in [0.4, 0.5) is 0 Å². The maximum atomic E-state index is 11.9. The first kappa shape index (κ1) is 28.2. The van der Waals surface area contributed by atoms with Crippen molar-refractivity contribution >= 4 is 0 Å². The Morgan fingerprint density at radius 3 is 0.960 bits per heavy atom. The van der Waals surface area contributed by atoms with E-state index in [9.17, 15) is 5.11 Å². The quantitative estimate of drug-likeness (QED) is 0.230. The summed E-state index contributed by atoms with van der Waals surface area (Å²) >= 11 is 0. The van der Waals surface area contributed by atoms with Crippen LogP contribution in [0.2, 0.25) is 0 Å². The van der Waals surface area contributed by atoms with Crippen LogP contribution >= 0.6 is 0 Å². The second-order valence-electron chi connectivity index (χ2n) is 7.86. The topological polar surface area (TPSA) is 23.1 Å². The van der Waals surface area contributed by atoms with E-state index in [1.807, 2.05) is 0 Å². The van der Waals surface area contributed by atoms with Crippen LogP contribution in [0.1, 0.15) is 142 Å². The molecular weight excluding hydrogens is 315 g/mol. The fourth-order valence-corrected chi connectivity index (χ4v) is 3.51. The van der Waals surface area contributed by atoms with Crippen molar-refractivity contribution in [1.29, 1.82) is 0 Å². The van der Waals surface area contributed by atoms with Crippen molar-refractivity contribution in [2.75, 3.05) is 0 Å². The van der Waals surface area contributed by atoms with E-state index in [0.717, 1.165) is 12.8 Å². The molecule has 0 aliphatic heterocycles. The first-order chi connectivity index (χ1) is 11.8. The summed E-state index contributed by atoms with van der Waals surface area (Å²) in [5.41, 5.74) is 0. The molecule has 0 aliphatic rings. The van der Waals surface area contributed by atoms with E-state index in [4.69, 9.17) is 0 Å². The third-order valence-corrected chi connectivity index (χ3v) is 5.26. The molecule has 0 saturated heterocycles. The molecule has 0 aromatic heterocycles. The van der Waals surface area contributed by atoms with E-state index in [0.29, 0.717) is 0 Å². The first-order valence-electron chi connectivity index (χ1n) is 11.5. The fourth-order valence-electron chi connectivity index (χ4n) is 3.51. The summed E-state index contributed by atoms with van der Waals surface area (Å²) in [7, 11) is 0. The third kappa shape index (κ3) is 25.0. The molecule has 0 unspecified atom stereocenters. The van der Waals surface area contributed by atoms with E-state index in [1.165, 1.54) is 116 Å². The van der Waals surface area contributed by atoms with Crippen molar-refractivity contribution in [3.05, 3.63) is 0 Å². The van der Waals surface area contributed by atoms with Crippen LogP contribution in [0.3, 0.4) is 0 Å². The van der Waals surface area contributed by atoms with Crippen LogP contribution < -0.4 is 34.7 Å². The minimum absolute atomic E-state index is 0. The molecule has 0 aliphatic carbocycles. The maximum Gasteiger partial charge on any atom is 1.00 e. The number of unbranched alkanes of at least 4 members (excludes halogenated alkanes) is 16. The number of hydrogen-bond donors (Lipinski definition) is 0. The van der Waals surface area contributed by atoms with Crippen molar-refractivity contribution in [2.45, 2.75) is 148 Å². The molecule has 0 radical (unpaired) electrons. The maximum absolute atomic E-state index is 11.9. The van der Waals surface area contributed by atoms with Crippen LogP contribution in [-0.2, 0) is 0 Å². The smallest absolute Gasteiger partial charge is 0.852 e. The van der Waals surface area contributed by atoms with Gasteiger partial charge in [-0.1, -0.05) is 142 Å². The van der Waals surface area contributed by atoms with Gasteiger partial charge in [0.15, 0.2) is 0 Å². The van der Waals surface area contributed by atoms with Gasteiger partial charge in [0.05, 0.1) is 0 Å². The van der Waals surface area contributed by atoms with Crippen LogP contribution in [-0.4, -0.2) is 6.10 Å². The molecule has 0 bridgehead atoms. The molecule has 0 aromatic rings. The Kier molecular flexibility index (Phi) is 28.1. The van der Waals surface area contributed by atoms with Crippen LogP contribution in [0.5, 0.6) is 0 Å². The minimum Gasteiger partial charge on any atom is -0.852 e. The number of rotatable bonds is 20. The van der Waals surface area contributed by atoms with Crippen molar-refractivity contribution in [1.82, 2.24) is 0 Å². The second-order valence-corrected chi connectivity index (χ2v) is 7.86. The van der Waals surface area contributed by atoms with Gasteiger partial charge in [0.25, 0.3) is 0 Å². The van der Waals surface area contributed by atoms with Crippen LogP contribution in [0, 0.1) is 0 Å². The molecule has 0 rings (SSSR count). The zero-order valence-electron chi connectivity index (χ0n) is 18.1. The van der Waals surface area contributed by atoms with Crippen molar-refractivity contribution in [2.24, 2.45) is 0 Å². The molecule has 0 N–H and O–H groups in total. The molecule has 1 nitrogen and oxygen atoms in total.